The molecule has 0 aliphatic carbocycles. The molecule has 0 unspecified atom stereocenters. The molecule has 0 radical (unpaired) electrons. The van der Waals surface area contributed by atoms with Gasteiger partial charge in [0, 0.05) is 26.2 Å². The van der Waals surface area contributed by atoms with Crippen molar-refractivity contribution < 1.29 is 26.2 Å². The van der Waals surface area contributed by atoms with Gasteiger partial charge in [0.2, 0.25) is 0 Å². The Morgan fingerprint density at radius 2 is 1.40 bits per heavy atom. The molecule has 0 aliphatic heterocycles. The van der Waals surface area contributed by atoms with E-state index >= 15 is 0 Å². The zero-order valence-corrected chi connectivity index (χ0v) is 6.17. The second-order valence-electron chi connectivity index (χ2n) is 1.21. The molecule has 5 heavy (non-hydrogen) atoms. The van der Waals surface area contributed by atoms with Crippen molar-refractivity contribution >= 4 is 0 Å². The van der Waals surface area contributed by atoms with Crippen LogP contribution < -0.4 is 0 Å². The molecule has 0 fully saturated rings. The Morgan fingerprint density at radius 3 is 1.40 bits per heavy atom. The summed E-state index contributed by atoms with van der Waals surface area (Å²) in [5.74, 6) is 0. The van der Waals surface area contributed by atoms with Crippen molar-refractivity contribution in [3.63, 3.8) is 0 Å². The van der Waals surface area contributed by atoms with Gasteiger partial charge in [-0.1, -0.05) is 5.57 Å². The van der Waals surface area contributed by atoms with Crippen LogP contribution in [0.2, 0.25) is 0 Å². The summed E-state index contributed by atoms with van der Waals surface area (Å²) < 4.78 is 0. The van der Waals surface area contributed by atoms with Crippen molar-refractivity contribution in [2.45, 2.75) is 13.8 Å². The van der Waals surface area contributed by atoms with Crippen LogP contribution in [0.4, 0.5) is 0 Å². The Bertz CT molecular complexity index is 26.6. The molecule has 0 aliphatic rings. The molecule has 0 spiro atoms. The van der Waals surface area contributed by atoms with Gasteiger partial charge in [-0.3, -0.25) is 0 Å². The summed E-state index contributed by atoms with van der Waals surface area (Å²) in [6.45, 7) is 7.50. The Kier molecular flexibility index (Phi) is 8.47. The van der Waals surface area contributed by atoms with Crippen LogP contribution >= 0.6 is 0 Å². The van der Waals surface area contributed by atoms with Crippen molar-refractivity contribution in [1.82, 2.24) is 0 Å². The van der Waals surface area contributed by atoms with Gasteiger partial charge < -0.3 is 0 Å². The fraction of sp³-hybridized carbons (Fsp3) is 0.500. The monoisotopic (exact) mass is 146 g/mol. The van der Waals surface area contributed by atoms with Crippen molar-refractivity contribution in [2.24, 2.45) is 0 Å². The van der Waals surface area contributed by atoms with E-state index in [-0.39, 0.29) is 26.2 Å². The third-order valence-corrected chi connectivity index (χ3v) is 0. The van der Waals surface area contributed by atoms with Crippen LogP contribution in [-0.2, 0) is 26.2 Å². The van der Waals surface area contributed by atoms with Crippen LogP contribution in [0.15, 0.2) is 12.2 Å². The summed E-state index contributed by atoms with van der Waals surface area (Å²) in [5, 5.41) is 0. The van der Waals surface area contributed by atoms with Gasteiger partial charge in [0.15, 0.2) is 0 Å². The Hall–Kier alpha value is 0.623. The molecule has 0 N–H and O–H groups in total. The quantitative estimate of drug-likeness (QED) is 0.456. The number of allylic oxidation sites excluding steroid dienone is 1. The van der Waals surface area contributed by atoms with Crippen LogP contribution in [-0.4, -0.2) is 0 Å². The molecule has 0 nitrogen and oxygen atoms in total. The van der Waals surface area contributed by atoms with Gasteiger partial charge in [0.05, 0.1) is 0 Å². The molecule has 28 valence electrons. The maximum atomic E-state index is 3.56. The summed E-state index contributed by atoms with van der Waals surface area (Å²) in [7, 11) is 0. The Morgan fingerprint density at radius 1 is 1.40 bits per heavy atom. The molecular formula is C4H8Zr. The zero-order chi connectivity index (χ0) is 3.58. The Balaban J connectivity index is 0. The first-order chi connectivity index (χ1) is 1.73. The molecule has 0 amide bonds. The van der Waals surface area contributed by atoms with Gasteiger partial charge in [0.25, 0.3) is 0 Å². The third-order valence-electron chi connectivity index (χ3n) is 0. The van der Waals surface area contributed by atoms with Crippen LogP contribution in [0.25, 0.3) is 0 Å². The van der Waals surface area contributed by atoms with Crippen molar-refractivity contribution in [3.05, 3.63) is 12.2 Å². The minimum Gasteiger partial charge on any atom is -0.100 e. The first-order valence-electron chi connectivity index (χ1n) is 1.35. The van der Waals surface area contributed by atoms with Crippen LogP contribution in [0.5, 0.6) is 0 Å². The number of rotatable bonds is 0. The number of hydrogen-bond donors (Lipinski definition) is 0. The maximum Gasteiger partial charge on any atom is 0 e. The predicted molar refractivity (Wildman–Crippen MR) is 20.5 cm³/mol. The van der Waals surface area contributed by atoms with E-state index in [2.05, 4.69) is 6.58 Å². The molecule has 0 aromatic heterocycles. The Labute approximate surface area is 52.4 Å². The molecule has 1 heteroatoms. The fourth-order valence-electron chi connectivity index (χ4n) is 0. The predicted octanol–water partition coefficient (Wildman–Crippen LogP) is 1.58. The number of hydrogen-bond acceptors (Lipinski definition) is 0. The first kappa shape index (κ1) is 9.16. The van der Waals surface area contributed by atoms with Crippen molar-refractivity contribution in [2.75, 3.05) is 0 Å². The molecule has 0 atom stereocenters. The first-order valence-corrected chi connectivity index (χ1v) is 1.35. The average molecular weight is 147 g/mol. The zero-order valence-electron chi connectivity index (χ0n) is 3.71. The van der Waals surface area contributed by atoms with E-state index in [9.17, 15) is 0 Å². The summed E-state index contributed by atoms with van der Waals surface area (Å²) >= 11 is 0. The van der Waals surface area contributed by atoms with E-state index in [4.69, 9.17) is 0 Å². The van der Waals surface area contributed by atoms with Crippen molar-refractivity contribution in [3.8, 4) is 0 Å². The largest absolute Gasteiger partial charge is 0.100 e. The SMILES string of the molecule is C=C(C)C.[Zr]. The second kappa shape index (κ2) is 4.62. The van der Waals surface area contributed by atoms with Gasteiger partial charge in [-0.2, -0.15) is 0 Å². The van der Waals surface area contributed by atoms with Crippen LogP contribution in [0.1, 0.15) is 13.8 Å². The van der Waals surface area contributed by atoms with Gasteiger partial charge >= 0.3 is 0 Å². The molecular weight excluding hydrogens is 139 g/mol. The fourth-order valence-corrected chi connectivity index (χ4v) is 0. The standard InChI is InChI=1S/C4H8.Zr/c1-4(2)3;/h1H2,2-3H3;. The molecule has 0 aromatic rings. The van der Waals surface area contributed by atoms with Crippen LogP contribution in [0, 0.1) is 0 Å². The van der Waals surface area contributed by atoms with E-state index in [0.717, 1.165) is 0 Å². The molecule has 0 heterocycles. The molecule has 0 aromatic carbocycles. The minimum absolute atomic E-state index is 0. The van der Waals surface area contributed by atoms with Gasteiger partial charge in [-0.05, 0) is 13.8 Å². The summed E-state index contributed by atoms with van der Waals surface area (Å²) in [5.41, 5.74) is 1.17. The minimum atomic E-state index is 0. The van der Waals surface area contributed by atoms with E-state index in [0.29, 0.717) is 0 Å². The van der Waals surface area contributed by atoms with Gasteiger partial charge in [-0.25, -0.2) is 0 Å². The van der Waals surface area contributed by atoms with Crippen LogP contribution in [0.3, 0.4) is 0 Å². The molecule has 0 saturated carbocycles. The van der Waals surface area contributed by atoms with E-state index < -0.39 is 0 Å². The maximum absolute atomic E-state index is 3.56. The molecule has 0 bridgehead atoms. The topological polar surface area (TPSA) is 0 Å². The third kappa shape index (κ3) is 81.9. The normalized spacial score (nSPS) is 5.20. The van der Waals surface area contributed by atoms with Crippen molar-refractivity contribution in [1.29, 1.82) is 0 Å². The molecule has 0 saturated heterocycles. The summed E-state index contributed by atoms with van der Waals surface area (Å²) in [6, 6.07) is 0. The second-order valence-corrected chi connectivity index (χ2v) is 1.21. The van der Waals surface area contributed by atoms with Gasteiger partial charge in [0.1, 0.15) is 0 Å². The molecule has 0 rings (SSSR count). The van der Waals surface area contributed by atoms with Gasteiger partial charge in [-0.15, -0.1) is 6.58 Å². The smallest absolute Gasteiger partial charge is 0 e. The summed E-state index contributed by atoms with van der Waals surface area (Å²) in [4.78, 5) is 0. The van der Waals surface area contributed by atoms with E-state index in [1.54, 1.807) is 0 Å². The van der Waals surface area contributed by atoms with E-state index in [1.807, 2.05) is 13.8 Å². The average Bonchev–Trinajstić information content (AvgIpc) is 0.811. The summed E-state index contributed by atoms with van der Waals surface area (Å²) in [6.07, 6.45) is 0. The van der Waals surface area contributed by atoms with E-state index in [1.165, 1.54) is 5.57 Å².